The van der Waals surface area contributed by atoms with Crippen LogP contribution in [0.25, 0.3) is 0 Å². The summed E-state index contributed by atoms with van der Waals surface area (Å²) in [5.41, 5.74) is 2.01. The number of alkyl halides is 3. The van der Waals surface area contributed by atoms with Gasteiger partial charge in [-0.2, -0.15) is 18.3 Å². The van der Waals surface area contributed by atoms with E-state index in [1.807, 2.05) is 0 Å². The van der Waals surface area contributed by atoms with Crippen LogP contribution < -0.4 is 15.5 Å². The van der Waals surface area contributed by atoms with E-state index < -0.39 is 23.6 Å². The largest absolute Gasteiger partial charge is 0.496 e. The molecule has 2 aromatic carbocycles. The molecule has 0 atom stereocenters. The number of anilines is 1. The van der Waals surface area contributed by atoms with E-state index in [0.29, 0.717) is 5.75 Å². The molecule has 28 heavy (non-hydrogen) atoms. The lowest BCUT2D eigenvalue weighted by Crippen LogP contribution is -2.22. The molecule has 0 fully saturated rings. The van der Waals surface area contributed by atoms with Gasteiger partial charge in [0, 0.05) is 11.4 Å². The number of hydrogen-bond acceptors (Lipinski definition) is 4. The number of ether oxygens (including phenoxy) is 1. The Bertz CT molecular complexity index is 895. The molecule has 0 spiro atoms. The highest BCUT2D eigenvalue weighted by Crippen LogP contribution is 2.30. The van der Waals surface area contributed by atoms with Gasteiger partial charge in [0.25, 0.3) is 5.91 Å². The Morgan fingerprint density at radius 2 is 1.82 bits per heavy atom. The Morgan fingerprint density at radius 1 is 1.11 bits per heavy atom. The smallest absolute Gasteiger partial charge is 0.416 e. The second kappa shape index (κ2) is 9.03. The van der Waals surface area contributed by atoms with E-state index >= 15 is 0 Å². The molecule has 2 amide bonds. The average Bonchev–Trinajstić information content (AvgIpc) is 2.65. The van der Waals surface area contributed by atoms with E-state index in [-0.39, 0.29) is 23.4 Å². The lowest BCUT2D eigenvalue weighted by atomic mass is 10.2. The molecule has 9 heteroatoms. The number of para-hydroxylation sites is 1. The van der Waals surface area contributed by atoms with Gasteiger partial charge in [0.1, 0.15) is 5.75 Å². The zero-order valence-electron chi connectivity index (χ0n) is 15.1. The molecule has 0 aliphatic carbocycles. The Kier molecular flexibility index (Phi) is 6.75. The SMILES string of the molecule is COc1ccccc1C(=O)N/N=C(/C)CC(=O)Nc1cccc(C(F)(F)F)c1. The Balaban J connectivity index is 1.96. The summed E-state index contributed by atoms with van der Waals surface area (Å²) in [5.74, 6) is -0.711. The maximum absolute atomic E-state index is 12.7. The van der Waals surface area contributed by atoms with Crippen molar-refractivity contribution in [3.63, 3.8) is 0 Å². The number of rotatable bonds is 6. The fourth-order valence-electron chi connectivity index (χ4n) is 2.29. The predicted molar refractivity (Wildman–Crippen MR) is 98.3 cm³/mol. The zero-order valence-corrected chi connectivity index (χ0v) is 15.1. The molecule has 0 saturated carbocycles. The molecule has 0 unspecified atom stereocenters. The highest BCUT2D eigenvalue weighted by atomic mass is 19.4. The van der Waals surface area contributed by atoms with Crippen LogP contribution in [0.15, 0.2) is 53.6 Å². The highest BCUT2D eigenvalue weighted by Gasteiger charge is 2.30. The van der Waals surface area contributed by atoms with Crippen LogP contribution in [0, 0.1) is 0 Å². The van der Waals surface area contributed by atoms with Crippen molar-refractivity contribution in [3.8, 4) is 5.75 Å². The number of carbonyl (C=O) groups excluding carboxylic acids is 2. The van der Waals surface area contributed by atoms with Crippen molar-refractivity contribution < 1.29 is 27.5 Å². The molecule has 0 bridgehead atoms. The van der Waals surface area contributed by atoms with Crippen molar-refractivity contribution >= 4 is 23.2 Å². The standard InChI is InChI=1S/C19H18F3N3O3/c1-12(24-25-18(27)15-8-3-4-9-16(15)28-2)10-17(26)23-14-7-5-6-13(11-14)19(20,21)22/h3-9,11H,10H2,1-2H3,(H,23,26)(H,25,27)/b24-12-. The molecule has 0 aliphatic rings. The second-order valence-electron chi connectivity index (χ2n) is 5.79. The normalized spacial score (nSPS) is 11.7. The average molecular weight is 393 g/mol. The molecular weight excluding hydrogens is 375 g/mol. The summed E-state index contributed by atoms with van der Waals surface area (Å²) < 4.78 is 43.2. The Labute approximate surface area is 159 Å². The summed E-state index contributed by atoms with van der Waals surface area (Å²) in [6.07, 6.45) is -4.71. The minimum absolute atomic E-state index is 0.0192. The van der Waals surface area contributed by atoms with Gasteiger partial charge in [-0.15, -0.1) is 0 Å². The summed E-state index contributed by atoms with van der Waals surface area (Å²) in [4.78, 5) is 24.1. The van der Waals surface area contributed by atoms with E-state index in [9.17, 15) is 22.8 Å². The molecule has 6 nitrogen and oxygen atoms in total. The van der Waals surface area contributed by atoms with Crippen LogP contribution in [-0.2, 0) is 11.0 Å². The number of benzene rings is 2. The third-order valence-electron chi connectivity index (χ3n) is 3.59. The first kappa shape index (κ1) is 20.9. The molecule has 0 radical (unpaired) electrons. The van der Waals surface area contributed by atoms with Crippen molar-refractivity contribution in [2.75, 3.05) is 12.4 Å². The molecule has 148 valence electrons. The molecular formula is C19H18F3N3O3. The third kappa shape index (κ3) is 5.83. The lowest BCUT2D eigenvalue weighted by molar-refractivity contribution is -0.137. The number of methoxy groups -OCH3 is 1. The van der Waals surface area contributed by atoms with Gasteiger partial charge < -0.3 is 10.1 Å². The number of nitrogens with one attached hydrogen (secondary N) is 2. The fraction of sp³-hybridized carbons (Fsp3) is 0.211. The van der Waals surface area contributed by atoms with Gasteiger partial charge in [0.15, 0.2) is 0 Å². The molecule has 0 aromatic heterocycles. The summed E-state index contributed by atoms with van der Waals surface area (Å²) in [6, 6.07) is 10.9. The van der Waals surface area contributed by atoms with Crippen LogP contribution in [0.5, 0.6) is 5.75 Å². The maximum Gasteiger partial charge on any atom is 0.416 e. The molecule has 2 rings (SSSR count). The minimum Gasteiger partial charge on any atom is -0.496 e. The number of nitrogens with zero attached hydrogens (tertiary/aromatic N) is 1. The number of halogens is 3. The zero-order chi connectivity index (χ0) is 20.7. The number of carbonyl (C=O) groups is 2. The molecule has 2 aromatic rings. The molecule has 0 saturated heterocycles. The fourth-order valence-corrected chi connectivity index (χ4v) is 2.29. The Hall–Kier alpha value is -3.36. The van der Waals surface area contributed by atoms with Gasteiger partial charge in [0.05, 0.1) is 24.7 Å². The molecule has 2 N–H and O–H groups in total. The van der Waals surface area contributed by atoms with Gasteiger partial charge in [0.2, 0.25) is 5.91 Å². The highest BCUT2D eigenvalue weighted by molar-refractivity contribution is 6.06. The van der Waals surface area contributed by atoms with E-state index in [0.717, 1.165) is 12.1 Å². The van der Waals surface area contributed by atoms with Crippen LogP contribution in [0.2, 0.25) is 0 Å². The minimum atomic E-state index is -4.50. The van der Waals surface area contributed by atoms with Crippen LogP contribution in [0.4, 0.5) is 18.9 Å². The second-order valence-corrected chi connectivity index (χ2v) is 5.79. The van der Waals surface area contributed by atoms with Crippen LogP contribution in [0.1, 0.15) is 29.3 Å². The first-order valence-electron chi connectivity index (χ1n) is 8.14. The maximum atomic E-state index is 12.7. The first-order chi connectivity index (χ1) is 13.2. The van der Waals surface area contributed by atoms with E-state index in [1.165, 1.54) is 26.2 Å². The van der Waals surface area contributed by atoms with Crippen molar-refractivity contribution in [1.82, 2.24) is 5.43 Å². The topological polar surface area (TPSA) is 79.8 Å². The third-order valence-corrected chi connectivity index (χ3v) is 3.59. The van der Waals surface area contributed by atoms with Gasteiger partial charge in [-0.1, -0.05) is 18.2 Å². The van der Waals surface area contributed by atoms with E-state index in [2.05, 4.69) is 15.8 Å². The number of hydrogen-bond donors (Lipinski definition) is 2. The van der Waals surface area contributed by atoms with Gasteiger partial charge in [-0.3, -0.25) is 9.59 Å². The van der Waals surface area contributed by atoms with Crippen molar-refractivity contribution in [2.45, 2.75) is 19.5 Å². The predicted octanol–water partition coefficient (Wildman–Crippen LogP) is 3.85. The number of amides is 2. The van der Waals surface area contributed by atoms with Gasteiger partial charge in [-0.25, -0.2) is 5.43 Å². The molecule has 0 heterocycles. The Morgan fingerprint density at radius 3 is 2.50 bits per heavy atom. The van der Waals surface area contributed by atoms with Crippen molar-refractivity contribution in [2.24, 2.45) is 5.10 Å². The first-order valence-corrected chi connectivity index (χ1v) is 8.14. The van der Waals surface area contributed by atoms with Crippen molar-refractivity contribution in [1.29, 1.82) is 0 Å². The summed E-state index contributed by atoms with van der Waals surface area (Å²) in [7, 11) is 1.43. The summed E-state index contributed by atoms with van der Waals surface area (Å²) in [6.45, 7) is 1.51. The van der Waals surface area contributed by atoms with Crippen molar-refractivity contribution in [3.05, 3.63) is 59.7 Å². The molecule has 0 aliphatic heterocycles. The summed E-state index contributed by atoms with van der Waals surface area (Å²) in [5, 5.41) is 6.21. The van der Waals surface area contributed by atoms with Crippen LogP contribution in [-0.4, -0.2) is 24.6 Å². The van der Waals surface area contributed by atoms with E-state index in [4.69, 9.17) is 4.74 Å². The number of hydrazone groups is 1. The summed E-state index contributed by atoms with van der Waals surface area (Å²) >= 11 is 0. The van der Waals surface area contributed by atoms with Crippen LogP contribution >= 0.6 is 0 Å². The lowest BCUT2D eigenvalue weighted by Gasteiger charge is -2.10. The van der Waals surface area contributed by atoms with Crippen LogP contribution in [0.3, 0.4) is 0 Å². The quantitative estimate of drug-likeness (QED) is 0.578. The van der Waals surface area contributed by atoms with Gasteiger partial charge >= 0.3 is 6.18 Å². The monoisotopic (exact) mass is 393 g/mol. The van der Waals surface area contributed by atoms with Gasteiger partial charge in [-0.05, 0) is 37.3 Å². The van der Waals surface area contributed by atoms with E-state index in [1.54, 1.807) is 24.3 Å².